The lowest BCUT2D eigenvalue weighted by molar-refractivity contribution is -0.301. The molecule has 2 amide bonds. The Hall–Kier alpha value is -3.70. The highest BCUT2D eigenvalue weighted by Gasteiger charge is 2.55. The molecule has 0 aliphatic carbocycles. The number of phosphoric ester groups is 1. The van der Waals surface area contributed by atoms with Crippen LogP contribution in [0.5, 0.6) is 0 Å². The van der Waals surface area contributed by atoms with E-state index in [1.807, 2.05) is 0 Å². The van der Waals surface area contributed by atoms with Gasteiger partial charge in [-0.1, -0.05) is 257 Å². The third-order valence-electron chi connectivity index (χ3n) is 19.1. The first-order valence-corrected chi connectivity index (χ1v) is 44.6. The molecule has 2 rings (SSSR count). The number of phosphoric acid groups is 1. The highest BCUT2D eigenvalue weighted by atomic mass is 31.2. The number of amides is 2. The van der Waals surface area contributed by atoms with Gasteiger partial charge in [0.1, 0.15) is 55.0 Å². The zero-order chi connectivity index (χ0) is 78.3. The van der Waals surface area contributed by atoms with Gasteiger partial charge >= 0.3 is 21.6 Å². The van der Waals surface area contributed by atoms with Crippen molar-refractivity contribution in [3.8, 4) is 0 Å². The molecule has 0 spiro atoms. The van der Waals surface area contributed by atoms with Crippen molar-refractivity contribution in [2.24, 2.45) is 0 Å². The van der Waals surface area contributed by atoms with Crippen molar-refractivity contribution < 1.29 is 93.6 Å². The van der Waals surface area contributed by atoms with E-state index in [0.29, 0.717) is 25.7 Å². The first-order valence-electron chi connectivity index (χ1n) is 41.4. The van der Waals surface area contributed by atoms with E-state index in [1.165, 1.54) is 82.8 Å². The van der Waals surface area contributed by atoms with Gasteiger partial charge in [-0.2, -0.15) is 0 Å². The molecule has 0 bridgehead atoms. The normalized spacial score (nSPS) is 21.1. The number of rotatable bonds is 74. The minimum absolute atomic E-state index is 0.0562. The highest BCUT2D eigenvalue weighted by molar-refractivity contribution is 7.53. The van der Waals surface area contributed by atoms with Gasteiger partial charge in [-0.15, -0.1) is 26.3 Å². The monoisotopic (exact) mass is 1560 g/mol. The van der Waals surface area contributed by atoms with Gasteiger partial charge in [0.2, 0.25) is 11.8 Å². The molecule has 0 saturated carbocycles. The second kappa shape index (κ2) is 65.8. The average molecular weight is 1560 g/mol. The third-order valence-corrected chi connectivity index (χ3v) is 22.4. The van der Waals surface area contributed by atoms with Gasteiger partial charge in [0.05, 0.1) is 51.7 Å². The van der Waals surface area contributed by atoms with E-state index in [2.05, 4.69) is 83.4 Å². The number of nitrogens with one attached hydrogen (secondary N) is 2. The molecule has 0 aromatic carbocycles. The van der Waals surface area contributed by atoms with Crippen molar-refractivity contribution in [2.75, 3.05) is 73.2 Å². The molecular weight excluding hydrogens is 1410 g/mol. The van der Waals surface area contributed by atoms with Crippen LogP contribution in [0.2, 0.25) is 0 Å². The standard InChI is InChI=1S/C83H148N2O20P2/c1-12-21-26-30-33-36-37-38-39-40-41-43-45-49-53-57-73(87)84-75-80(95-64-58-70(93-11)56-52-47-29-24-15-4)78(104-107(91,99-61-19-8)100-62-20-9)71(67-92-10)101-81(75)97-68-72-77(103-83(89)96-59-17-6)79(94-63-54-50-46-35-32-28-23-14-3)76(82(102-72)105-106(90,65-25-16-5)98-60-18-7)85-74(88)66-69(86)55-51-48-44-42-34-31-27-22-13-2/h16-20,36-37,70-72,75-82H,5-9,12-15,21-35,38-68H2,1-4,10-11H3,(H,84,87)(H,85,88)/t70-,71-,72-,75-,76-,77-,78-,79-,80-,81-,82-,106?/m1/s1. The molecule has 107 heavy (non-hydrogen) atoms. The number of ether oxygens (including phenoxy) is 9. The number of methoxy groups -OCH3 is 2. The molecule has 22 nitrogen and oxygen atoms in total. The first kappa shape index (κ1) is 99.4. The van der Waals surface area contributed by atoms with Crippen LogP contribution in [0.15, 0.2) is 75.4 Å². The molecule has 1 unspecified atom stereocenters. The maximum Gasteiger partial charge on any atom is 0.509 e. The van der Waals surface area contributed by atoms with Crippen molar-refractivity contribution in [1.82, 2.24) is 10.6 Å². The van der Waals surface area contributed by atoms with E-state index >= 15 is 4.57 Å². The molecule has 0 aromatic heterocycles. The SMILES string of the molecule is C=CCCP(=O)(OCC=C)O[C@H]1O[C@H](CO[C@@H]2O[C@H](COC)[C@@H](OP(=O)(OCC=C)OCC=C)[C@H](OCC[C@@H](CCCCCCC)OC)[C@H]2NC(=O)CCCCCCCCCC=CCCCCCC)[C@@H](OC(=O)OCC=C)[C@H](OCCCCCCCCCC)[C@H]1NC(=O)CC(=O)CCCCCCCCCCC. The second-order valence-electron chi connectivity index (χ2n) is 28.4. The fraction of sp³-hybridized carbons (Fsp3) is 0.807. The van der Waals surface area contributed by atoms with Crippen LogP contribution < -0.4 is 10.6 Å². The lowest BCUT2D eigenvalue weighted by atomic mass is 9.95. The molecular formula is C83H148N2O20P2. The van der Waals surface area contributed by atoms with Crippen LogP contribution in [0.1, 0.15) is 291 Å². The predicted molar refractivity (Wildman–Crippen MR) is 427 cm³/mol. The van der Waals surface area contributed by atoms with Crippen LogP contribution >= 0.6 is 15.4 Å². The Kier molecular flexibility index (Phi) is 61.1. The molecule has 2 aliphatic heterocycles. The summed E-state index contributed by atoms with van der Waals surface area (Å²) >= 11 is 0. The highest BCUT2D eigenvalue weighted by Crippen LogP contribution is 2.54. The van der Waals surface area contributed by atoms with Crippen molar-refractivity contribution in [3.05, 3.63) is 75.4 Å². The Morgan fingerprint density at radius 1 is 0.449 bits per heavy atom. The molecule has 2 saturated heterocycles. The maximum absolute atomic E-state index is 15.1. The third kappa shape index (κ3) is 46.8. The van der Waals surface area contributed by atoms with Crippen molar-refractivity contribution >= 4 is 39.2 Å². The van der Waals surface area contributed by atoms with Gasteiger partial charge in [0.15, 0.2) is 18.7 Å². The van der Waals surface area contributed by atoms with Gasteiger partial charge in [-0.25, -0.2) is 9.36 Å². The van der Waals surface area contributed by atoms with E-state index in [0.717, 1.165) is 161 Å². The van der Waals surface area contributed by atoms with Crippen molar-refractivity contribution in [1.29, 1.82) is 0 Å². The number of allylic oxidation sites excluding steroid dienone is 3. The van der Waals surface area contributed by atoms with Crippen molar-refractivity contribution in [2.45, 2.75) is 358 Å². The lowest BCUT2D eigenvalue weighted by Crippen LogP contribution is -2.68. The number of hydrogen-bond acceptors (Lipinski definition) is 20. The van der Waals surface area contributed by atoms with Crippen LogP contribution in [0, 0.1) is 0 Å². The summed E-state index contributed by atoms with van der Waals surface area (Å²) in [5.74, 6) is -1.36. The molecule has 0 aromatic rings. The average Bonchev–Trinajstić information content (AvgIpc) is 0.776. The molecule has 2 fully saturated rings. The summed E-state index contributed by atoms with van der Waals surface area (Å²) in [6, 6.07) is -2.71. The molecule has 620 valence electrons. The number of ketones is 1. The summed E-state index contributed by atoms with van der Waals surface area (Å²) in [5, 5.41) is 6.14. The Morgan fingerprint density at radius 3 is 1.47 bits per heavy atom. The van der Waals surface area contributed by atoms with Crippen molar-refractivity contribution in [3.63, 3.8) is 0 Å². The van der Waals surface area contributed by atoms with Gasteiger partial charge in [0.25, 0.3) is 0 Å². The molecule has 0 radical (unpaired) electrons. The van der Waals surface area contributed by atoms with Crippen LogP contribution in [0.4, 0.5) is 4.79 Å². The lowest BCUT2D eigenvalue weighted by Gasteiger charge is -2.48. The summed E-state index contributed by atoms with van der Waals surface area (Å²) < 4.78 is 119. The minimum Gasteiger partial charge on any atom is -0.430 e. The largest absolute Gasteiger partial charge is 0.509 e. The van der Waals surface area contributed by atoms with Gasteiger partial charge in [0, 0.05) is 40.3 Å². The predicted octanol–water partition coefficient (Wildman–Crippen LogP) is 20.3. The summed E-state index contributed by atoms with van der Waals surface area (Å²) in [4.78, 5) is 57.1. The Morgan fingerprint density at radius 2 is 0.916 bits per heavy atom. The molecule has 24 heteroatoms. The molecule has 2 heterocycles. The number of Topliss-reactive ketones (excluding diaryl/α,β-unsaturated/α-hetero) is 1. The van der Waals surface area contributed by atoms with Gasteiger partial charge in [-0.3, -0.25) is 37.0 Å². The van der Waals surface area contributed by atoms with Crippen LogP contribution in [-0.2, 0) is 88.8 Å². The zero-order valence-electron chi connectivity index (χ0n) is 67.3. The summed E-state index contributed by atoms with van der Waals surface area (Å²) in [6.45, 7) is 26.1. The van der Waals surface area contributed by atoms with Gasteiger partial charge in [-0.05, 0) is 64.2 Å². The Labute approximate surface area is 647 Å². The van der Waals surface area contributed by atoms with Crippen LogP contribution in [0.3, 0.4) is 0 Å². The summed E-state index contributed by atoms with van der Waals surface area (Å²) in [5.41, 5.74) is 0. The fourth-order valence-corrected chi connectivity index (χ4v) is 16.0. The number of carbonyl (C=O) groups is 4. The van der Waals surface area contributed by atoms with Gasteiger partial charge < -0.3 is 57.8 Å². The van der Waals surface area contributed by atoms with E-state index < -0.39 is 102 Å². The number of carbonyl (C=O) groups excluding carboxylic acids is 4. The van der Waals surface area contributed by atoms with E-state index in [4.69, 9.17) is 65.3 Å². The number of hydrogen-bond donors (Lipinski definition) is 2. The van der Waals surface area contributed by atoms with Crippen LogP contribution in [-0.4, -0.2) is 164 Å². The molecule has 12 atom stereocenters. The quantitative estimate of drug-likeness (QED) is 0.0189. The summed E-state index contributed by atoms with van der Waals surface area (Å²) in [6.07, 6.45) is 36.5. The van der Waals surface area contributed by atoms with Crippen LogP contribution in [0.25, 0.3) is 0 Å². The Bertz CT molecular complexity index is 2420. The maximum atomic E-state index is 15.1. The smallest absolute Gasteiger partial charge is 0.430 e. The Balaban J connectivity index is 2.92. The second-order valence-corrected chi connectivity index (χ2v) is 32.2. The number of unbranched alkanes of at least 4 members (excludes halogenated alkanes) is 30. The summed E-state index contributed by atoms with van der Waals surface area (Å²) in [7, 11) is -5.67. The molecule has 2 aliphatic rings. The fourth-order valence-electron chi connectivity index (χ4n) is 13.1. The molecule has 2 N–H and O–H groups in total. The topological polar surface area (TPSA) is 256 Å². The first-order chi connectivity index (χ1) is 52.1. The minimum atomic E-state index is -4.55. The zero-order valence-corrected chi connectivity index (χ0v) is 69.1. The van der Waals surface area contributed by atoms with E-state index in [1.54, 1.807) is 13.2 Å². The van der Waals surface area contributed by atoms with E-state index in [9.17, 15) is 23.7 Å². The van der Waals surface area contributed by atoms with E-state index in [-0.39, 0.29) is 89.5 Å².